The van der Waals surface area contributed by atoms with Crippen molar-refractivity contribution >= 4 is 21.6 Å². The van der Waals surface area contributed by atoms with Gasteiger partial charge in [0, 0.05) is 10.5 Å². The highest BCUT2D eigenvalue weighted by Gasteiger charge is 2.20. The van der Waals surface area contributed by atoms with Crippen LogP contribution in [0.15, 0.2) is 46.9 Å². The summed E-state index contributed by atoms with van der Waals surface area (Å²) in [6.07, 6.45) is 0. The highest BCUT2D eigenvalue weighted by atomic mass is 79.9. The normalized spacial score (nSPS) is 12.0. The third-order valence-electron chi connectivity index (χ3n) is 3.05. The fourth-order valence-corrected chi connectivity index (χ4v) is 2.57. The Labute approximate surface area is 131 Å². The van der Waals surface area contributed by atoms with E-state index in [4.69, 9.17) is 10.5 Å². The van der Waals surface area contributed by atoms with E-state index < -0.39 is 4.92 Å². The SMILES string of the molecule is Cc1cc(Br)cc([N+](=O)[O-])c1OCC(N)c1ccccc1. The molecule has 0 saturated heterocycles. The monoisotopic (exact) mass is 350 g/mol. The van der Waals surface area contributed by atoms with E-state index in [2.05, 4.69) is 15.9 Å². The number of aryl methyl sites for hydroxylation is 1. The second-order valence-electron chi connectivity index (χ2n) is 4.66. The summed E-state index contributed by atoms with van der Waals surface area (Å²) in [5, 5.41) is 11.1. The van der Waals surface area contributed by atoms with E-state index in [1.54, 1.807) is 13.0 Å². The predicted octanol–water partition coefficient (Wildman–Crippen LogP) is 3.74. The molecule has 1 atom stereocenters. The average molecular weight is 351 g/mol. The van der Waals surface area contributed by atoms with Crippen LogP contribution in [-0.2, 0) is 0 Å². The van der Waals surface area contributed by atoms with Gasteiger partial charge in [-0.15, -0.1) is 0 Å². The molecule has 0 saturated carbocycles. The molecular weight excluding hydrogens is 336 g/mol. The van der Waals surface area contributed by atoms with E-state index in [-0.39, 0.29) is 24.1 Å². The first-order chi connectivity index (χ1) is 9.99. The van der Waals surface area contributed by atoms with E-state index in [1.807, 2.05) is 30.3 Å². The van der Waals surface area contributed by atoms with Crippen LogP contribution in [0.3, 0.4) is 0 Å². The van der Waals surface area contributed by atoms with Gasteiger partial charge in [0.05, 0.1) is 11.0 Å². The van der Waals surface area contributed by atoms with Crippen molar-refractivity contribution < 1.29 is 9.66 Å². The van der Waals surface area contributed by atoms with Gasteiger partial charge >= 0.3 is 5.69 Å². The number of halogens is 1. The Hall–Kier alpha value is -1.92. The minimum absolute atomic E-state index is 0.0675. The third-order valence-corrected chi connectivity index (χ3v) is 3.51. The molecule has 21 heavy (non-hydrogen) atoms. The summed E-state index contributed by atoms with van der Waals surface area (Å²) in [6, 6.07) is 12.3. The molecule has 0 bridgehead atoms. The minimum atomic E-state index is -0.457. The molecule has 0 heterocycles. The Balaban J connectivity index is 2.18. The maximum Gasteiger partial charge on any atom is 0.312 e. The third kappa shape index (κ3) is 3.80. The zero-order valence-electron chi connectivity index (χ0n) is 11.5. The summed E-state index contributed by atoms with van der Waals surface area (Å²) in [4.78, 5) is 10.7. The van der Waals surface area contributed by atoms with Gasteiger partial charge in [-0.1, -0.05) is 46.3 Å². The molecule has 2 aromatic carbocycles. The maximum absolute atomic E-state index is 11.1. The van der Waals surface area contributed by atoms with Crippen molar-refractivity contribution in [1.29, 1.82) is 0 Å². The van der Waals surface area contributed by atoms with E-state index >= 15 is 0 Å². The van der Waals surface area contributed by atoms with Crippen molar-refractivity contribution in [3.05, 3.63) is 68.2 Å². The lowest BCUT2D eigenvalue weighted by atomic mass is 10.1. The van der Waals surface area contributed by atoms with Crippen LogP contribution in [-0.4, -0.2) is 11.5 Å². The molecule has 2 aromatic rings. The highest BCUT2D eigenvalue weighted by molar-refractivity contribution is 9.10. The molecule has 0 aliphatic rings. The Morgan fingerprint density at radius 3 is 2.62 bits per heavy atom. The second-order valence-corrected chi connectivity index (χ2v) is 5.57. The van der Waals surface area contributed by atoms with Crippen LogP contribution in [0.5, 0.6) is 5.75 Å². The predicted molar refractivity (Wildman–Crippen MR) is 84.4 cm³/mol. The molecule has 0 aromatic heterocycles. The molecule has 0 aliphatic heterocycles. The number of hydrogen-bond acceptors (Lipinski definition) is 4. The van der Waals surface area contributed by atoms with Gasteiger partial charge in [-0.2, -0.15) is 0 Å². The van der Waals surface area contributed by atoms with Gasteiger partial charge in [0.15, 0.2) is 5.75 Å². The van der Waals surface area contributed by atoms with Crippen molar-refractivity contribution in [1.82, 2.24) is 0 Å². The van der Waals surface area contributed by atoms with Gasteiger partial charge in [-0.3, -0.25) is 10.1 Å². The van der Waals surface area contributed by atoms with Gasteiger partial charge < -0.3 is 10.5 Å². The lowest BCUT2D eigenvalue weighted by Crippen LogP contribution is -2.19. The Morgan fingerprint density at radius 2 is 2.00 bits per heavy atom. The van der Waals surface area contributed by atoms with E-state index in [0.29, 0.717) is 10.0 Å². The van der Waals surface area contributed by atoms with Crippen molar-refractivity contribution in [2.45, 2.75) is 13.0 Å². The molecule has 110 valence electrons. The number of nitro groups is 1. The van der Waals surface area contributed by atoms with E-state index in [1.165, 1.54) is 6.07 Å². The topological polar surface area (TPSA) is 78.4 Å². The molecule has 0 spiro atoms. The Kier molecular flexibility index (Phi) is 4.93. The van der Waals surface area contributed by atoms with Crippen LogP contribution in [0.2, 0.25) is 0 Å². The van der Waals surface area contributed by atoms with E-state index in [0.717, 1.165) is 5.56 Å². The number of nitro benzene ring substituents is 1. The average Bonchev–Trinajstić information content (AvgIpc) is 2.46. The smallest absolute Gasteiger partial charge is 0.312 e. The molecule has 2 N–H and O–H groups in total. The standard InChI is InChI=1S/C15H15BrN2O3/c1-10-7-12(16)8-14(18(19)20)15(10)21-9-13(17)11-5-3-2-4-6-11/h2-8,13H,9,17H2,1H3. The molecule has 0 fully saturated rings. The quantitative estimate of drug-likeness (QED) is 0.657. The first-order valence-electron chi connectivity index (χ1n) is 6.37. The number of benzene rings is 2. The lowest BCUT2D eigenvalue weighted by Gasteiger charge is -2.15. The summed E-state index contributed by atoms with van der Waals surface area (Å²) in [6.45, 7) is 1.94. The van der Waals surface area contributed by atoms with Crippen molar-refractivity contribution in [2.75, 3.05) is 6.61 Å². The number of ether oxygens (including phenoxy) is 1. The maximum atomic E-state index is 11.1. The fourth-order valence-electron chi connectivity index (χ4n) is 2.01. The highest BCUT2D eigenvalue weighted by Crippen LogP contribution is 2.34. The zero-order valence-corrected chi connectivity index (χ0v) is 13.0. The molecule has 2 rings (SSSR count). The van der Waals surface area contributed by atoms with Crippen LogP contribution >= 0.6 is 15.9 Å². The zero-order chi connectivity index (χ0) is 15.4. The number of nitrogens with zero attached hydrogens (tertiary/aromatic N) is 1. The van der Waals surface area contributed by atoms with Gasteiger partial charge in [-0.05, 0) is 24.1 Å². The number of hydrogen-bond donors (Lipinski definition) is 1. The van der Waals surface area contributed by atoms with Crippen molar-refractivity contribution in [3.8, 4) is 5.75 Å². The summed E-state index contributed by atoms with van der Waals surface area (Å²) in [5.41, 5.74) is 7.59. The molecule has 0 amide bonds. The molecule has 0 aliphatic carbocycles. The second kappa shape index (κ2) is 6.69. The first-order valence-corrected chi connectivity index (χ1v) is 7.16. The van der Waals surface area contributed by atoms with Gasteiger partial charge in [-0.25, -0.2) is 0 Å². The van der Waals surface area contributed by atoms with Crippen molar-refractivity contribution in [2.24, 2.45) is 5.73 Å². The van der Waals surface area contributed by atoms with Crippen molar-refractivity contribution in [3.63, 3.8) is 0 Å². The Morgan fingerprint density at radius 1 is 1.33 bits per heavy atom. The lowest BCUT2D eigenvalue weighted by molar-refractivity contribution is -0.386. The summed E-state index contributed by atoms with van der Waals surface area (Å²) >= 11 is 3.25. The summed E-state index contributed by atoms with van der Waals surface area (Å²) in [7, 11) is 0. The van der Waals surface area contributed by atoms with Crippen LogP contribution in [0.25, 0.3) is 0 Å². The number of rotatable bonds is 5. The largest absolute Gasteiger partial charge is 0.485 e. The van der Waals surface area contributed by atoms with Gasteiger partial charge in [0.2, 0.25) is 0 Å². The Bertz CT molecular complexity index is 647. The molecular formula is C15H15BrN2O3. The minimum Gasteiger partial charge on any atom is -0.485 e. The molecule has 6 heteroatoms. The van der Waals surface area contributed by atoms with Crippen LogP contribution in [0.1, 0.15) is 17.2 Å². The first kappa shape index (κ1) is 15.5. The molecule has 1 unspecified atom stereocenters. The van der Waals surface area contributed by atoms with E-state index in [9.17, 15) is 10.1 Å². The van der Waals surface area contributed by atoms with Gasteiger partial charge in [0.25, 0.3) is 0 Å². The summed E-state index contributed by atoms with van der Waals surface area (Å²) in [5.74, 6) is 0.259. The molecule has 5 nitrogen and oxygen atoms in total. The van der Waals surface area contributed by atoms with Gasteiger partial charge in [0.1, 0.15) is 6.61 Å². The van der Waals surface area contributed by atoms with Crippen LogP contribution < -0.4 is 10.5 Å². The van der Waals surface area contributed by atoms with Crippen LogP contribution in [0.4, 0.5) is 5.69 Å². The fraction of sp³-hybridized carbons (Fsp3) is 0.200. The van der Waals surface area contributed by atoms with Crippen LogP contribution in [0, 0.1) is 17.0 Å². The summed E-state index contributed by atoms with van der Waals surface area (Å²) < 4.78 is 6.26. The molecule has 0 radical (unpaired) electrons. The number of nitrogens with two attached hydrogens (primary N) is 1.